The Hall–Kier alpha value is -1.59. The molecule has 114 valence electrons. The second kappa shape index (κ2) is 6.45. The van der Waals surface area contributed by atoms with Crippen LogP contribution in [0.15, 0.2) is 27.2 Å². The fourth-order valence-electron chi connectivity index (χ4n) is 3.03. The van der Waals surface area contributed by atoms with Crippen molar-refractivity contribution in [3.8, 4) is 11.7 Å². The molecule has 0 spiro atoms. The summed E-state index contributed by atoms with van der Waals surface area (Å²) in [4.78, 5) is 7.03. The molecule has 1 saturated heterocycles. The van der Waals surface area contributed by atoms with Gasteiger partial charge in [-0.3, -0.25) is 4.90 Å². The van der Waals surface area contributed by atoms with Gasteiger partial charge in [0.25, 0.3) is 5.89 Å². The monoisotopic (exact) mass is 290 g/mol. The van der Waals surface area contributed by atoms with Gasteiger partial charge in [-0.05, 0) is 51.3 Å². The number of hydrogen-bond donors (Lipinski definition) is 1. The smallest absolute Gasteiger partial charge is 0.263 e. The second-order valence-corrected chi connectivity index (χ2v) is 5.63. The number of oxazole rings is 1. The number of likely N-dealkylation sites (tertiary alicyclic amines) is 1. The Morgan fingerprint density at radius 2 is 2.38 bits per heavy atom. The van der Waals surface area contributed by atoms with Crippen LogP contribution in [0.3, 0.4) is 0 Å². The van der Waals surface area contributed by atoms with E-state index in [1.165, 1.54) is 12.8 Å². The maximum atomic E-state index is 9.00. The summed E-state index contributed by atoms with van der Waals surface area (Å²) in [5.41, 5.74) is 0.984. The highest BCUT2D eigenvalue weighted by atomic mass is 16.4. The summed E-state index contributed by atoms with van der Waals surface area (Å²) in [6.45, 7) is 4.13. The fraction of sp³-hybridized carbons (Fsp3) is 0.562. The highest BCUT2D eigenvalue weighted by Gasteiger charge is 2.26. The first-order valence-corrected chi connectivity index (χ1v) is 7.63. The molecular formula is C16H22N2O3. The van der Waals surface area contributed by atoms with Gasteiger partial charge in [-0.1, -0.05) is 0 Å². The van der Waals surface area contributed by atoms with E-state index in [1.807, 2.05) is 19.1 Å². The van der Waals surface area contributed by atoms with Gasteiger partial charge in [0, 0.05) is 19.2 Å². The van der Waals surface area contributed by atoms with Gasteiger partial charge in [0.05, 0.1) is 12.0 Å². The molecule has 5 nitrogen and oxygen atoms in total. The molecule has 0 amide bonds. The Balaban J connectivity index is 1.70. The third kappa shape index (κ3) is 3.19. The molecule has 0 aliphatic carbocycles. The van der Waals surface area contributed by atoms with E-state index in [2.05, 4.69) is 9.88 Å². The Morgan fingerprint density at radius 1 is 1.48 bits per heavy atom. The maximum absolute atomic E-state index is 9.00. The Kier molecular flexibility index (Phi) is 4.41. The number of furan rings is 1. The third-order valence-corrected chi connectivity index (χ3v) is 4.17. The van der Waals surface area contributed by atoms with Crippen LogP contribution in [0.5, 0.6) is 0 Å². The number of aliphatic hydroxyl groups is 1. The highest BCUT2D eigenvalue weighted by Crippen LogP contribution is 2.27. The van der Waals surface area contributed by atoms with Crippen molar-refractivity contribution in [1.82, 2.24) is 9.88 Å². The first kappa shape index (κ1) is 14.4. The zero-order chi connectivity index (χ0) is 14.7. The van der Waals surface area contributed by atoms with E-state index in [-0.39, 0.29) is 6.61 Å². The number of aryl methyl sites for hydroxylation is 1. The SMILES string of the molecule is Cc1oc(-c2ccco2)nc1CN1CCCC1CCCO. The van der Waals surface area contributed by atoms with Crippen molar-refractivity contribution in [3.63, 3.8) is 0 Å². The van der Waals surface area contributed by atoms with Crippen molar-refractivity contribution in [2.45, 2.75) is 45.2 Å². The number of rotatable bonds is 6. The van der Waals surface area contributed by atoms with Gasteiger partial charge in [0.1, 0.15) is 5.76 Å². The van der Waals surface area contributed by atoms with Gasteiger partial charge < -0.3 is 13.9 Å². The molecule has 0 bridgehead atoms. The van der Waals surface area contributed by atoms with Crippen molar-refractivity contribution in [2.75, 3.05) is 13.2 Å². The molecule has 1 atom stereocenters. The standard InChI is InChI=1S/C16H22N2O3/c1-12-14(17-16(21-12)15-7-4-10-20-15)11-18-8-2-5-13(18)6-3-9-19/h4,7,10,13,19H,2-3,5-6,8-9,11H2,1H3. The highest BCUT2D eigenvalue weighted by molar-refractivity contribution is 5.44. The van der Waals surface area contributed by atoms with E-state index in [0.29, 0.717) is 17.7 Å². The molecule has 0 saturated carbocycles. The van der Waals surface area contributed by atoms with E-state index in [4.69, 9.17) is 13.9 Å². The molecule has 2 aromatic heterocycles. The topological polar surface area (TPSA) is 62.6 Å². The molecule has 1 unspecified atom stereocenters. The van der Waals surface area contributed by atoms with Gasteiger partial charge >= 0.3 is 0 Å². The van der Waals surface area contributed by atoms with E-state index < -0.39 is 0 Å². The summed E-state index contributed by atoms with van der Waals surface area (Å²) in [6.07, 6.45) is 5.98. The Morgan fingerprint density at radius 3 is 3.14 bits per heavy atom. The van der Waals surface area contributed by atoms with Gasteiger partial charge in [0.2, 0.25) is 0 Å². The predicted molar refractivity (Wildman–Crippen MR) is 78.7 cm³/mol. The average Bonchev–Trinajstić information content (AvgIpc) is 3.19. The Bertz CT molecular complexity index is 562. The molecule has 5 heteroatoms. The van der Waals surface area contributed by atoms with Crippen molar-refractivity contribution in [2.24, 2.45) is 0 Å². The fourth-order valence-corrected chi connectivity index (χ4v) is 3.03. The second-order valence-electron chi connectivity index (χ2n) is 5.63. The van der Waals surface area contributed by atoms with Crippen LogP contribution in [0.1, 0.15) is 37.1 Å². The van der Waals surface area contributed by atoms with Crippen molar-refractivity contribution < 1.29 is 13.9 Å². The molecule has 1 aliphatic heterocycles. The largest absolute Gasteiger partial charge is 0.459 e. The quantitative estimate of drug-likeness (QED) is 0.886. The van der Waals surface area contributed by atoms with Gasteiger partial charge in [-0.25, -0.2) is 4.98 Å². The minimum atomic E-state index is 0.274. The molecule has 2 aromatic rings. The lowest BCUT2D eigenvalue weighted by Gasteiger charge is -2.23. The van der Waals surface area contributed by atoms with Crippen molar-refractivity contribution in [3.05, 3.63) is 29.9 Å². The molecule has 1 aliphatic rings. The summed E-state index contributed by atoms with van der Waals surface area (Å²) in [5, 5.41) is 9.00. The van der Waals surface area contributed by atoms with Crippen LogP contribution in [-0.4, -0.2) is 34.2 Å². The van der Waals surface area contributed by atoms with E-state index in [1.54, 1.807) is 6.26 Å². The summed E-state index contributed by atoms with van der Waals surface area (Å²) >= 11 is 0. The van der Waals surface area contributed by atoms with Crippen LogP contribution in [0.25, 0.3) is 11.7 Å². The molecule has 0 radical (unpaired) electrons. The molecule has 1 fully saturated rings. The number of aliphatic hydroxyl groups excluding tert-OH is 1. The lowest BCUT2D eigenvalue weighted by Crippen LogP contribution is -2.29. The molecule has 1 N–H and O–H groups in total. The van der Waals surface area contributed by atoms with Crippen LogP contribution in [0.2, 0.25) is 0 Å². The zero-order valence-corrected chi connectivity index (χ0v) is 12.4. The minimum absolute atomic E-state index is 0.274. The van der Waals surface area contributed by atoms with Crippen LogP contribution < -0.4 is 0 Å². The van der Waals surface area contributed by atoms with Gasteiger partial charge in [-0.15, -0.1) is 0 Å². The van der Waals surface area contributed by atoms with E-state index in [9.17, 15) is 0 Å². The normalized spacial score (nSPS) is 19.4. The van der Waals surface area contributed by atoms with Crippen LogP contribution in [0.4, 0.5) is 0 Å². The molecular weight excluding hydrogens is 268 g/mol. The first-order valence-electron chi connectivity index (χ1n) is 7.63. The lowest BCUT2D eigenvalue weighted by atomic mass is 10.1. The molecule has 0 aromatic carbocycles. The minimum Gasteiger partial charge on any atom is -0.459 e. The zero-order valence-electron chi connectivity index (χ0n) is 12.4. The average molecular weight is 290 g/mol. The predicted octanol–water partition coefficient (Wildman–Crippen LogP) is 2.98. The summed E-state index contributed by atoms with van der Waals surface area (Å²) in [7, 11) is 0. The summed E-state index contributed by atoms with van der Waals surface area (Å²) in [5.74, 6) is 2.08. The third-order valence-electron chi connectivity index (χ3n) is 4.17. The van der Waals surface area contributed by atoms with Crippen molar-refractivity contribution in [1.29, 1.82) is 0 Å². The molecule has 21 heavy (non-hydrogen) atoms. The maximum Gasteiger partial charge on any atom is 0.263 e. The first-order chi connectivity index (χ1) is 10.3. The summed E-state index contributed by atoms with van der Waals surface area (Å²) < 4.78 is 11.0. The molecule has 3 rings (SSSR count). The number of nitrogens with zero attached hydrogens (tertiary/aromatic N) is 2. The van der Waals surface area contributed by atoms with Crippen LogP contribution >= 0.6 is 0 Å². The van der Waals surface area contributed by atoms with E-state index in [0.717, 1.165) is 37.4 Å². The number of aromatic nitrogens is 1. The van der Waals surface area contributed by atoms with Crippen LogP contribution in [-0.2, 0) is 6.54 Å². The van der Waals surface area contributed by atoms with Crippen molar-refractivity contribution >= 4 is 0 Å². The number of hydrogen-bond acceptors (Lipinski definition) is 5. The van der Waals surface area contributed by atoms with Crippen LogP contribution in [0, 0.1) is 6.92 Å². The summed E-state index contributed by atoms with van der Waals surface area (Å²) in [6, 6.07) is 4.25. The molecule has 3 heterocycles. The van der Waals surface area contributed by atoms with Gasteiger partial charge in [-0.2, -0.15) is 0 Å². The van der Waals surface area contributed by atoms with Gasteiger partial charge in [0.15, 0.2) is 5.76 Å². The van der Waals surface area contributed by atoms with E-state index >= 15 is 0 Å². The Labute approximate surface area is 124 Å². The lowest BCUT2D eigenvalue weighted by molar-refractivity contribution is 0.208.